The van der Waals surface area contributed by atoms with E-state index in [1.165, 1.54) is 16.7 Å². The largest absolute Gasteiger partial charge is 0.376 e. The lowest BCUT2D eigenvalue weighted by Gasteiger charge is -2.32. The van der Waals surface area contributed by atoms with E-state index in [9.17, 15) is 4.79 Å². The average Bonchev–Trinajstić information content (AvgIpc) is 3.48. The number of hydrogen-bond acceptors (Lipinski definition) is 4. The van der Waals surface area contributed by atoms with E-state index in [-0.39, 0.29) is 17.9 Å². The minimum absolute atomic E-state index is 0.0690. The predicted octanol–water partition coefficient (Wildman–Crippen LogP) is 4.21. The van der Waals surface area contributed by atoms with Gasteiger partial charge in [0.05, 0.1) is 23.7 Å². The number of aromatic nitrogens is 2. The maximum atomic E-state index is 12.7. The van der Waals surface area contributed by atoms with Gasteiger partial charge in [0, 0.05) is 32.2 Å². The molecule has 5 rings (SSSR count). The van der Waals surface area contributed by atoms with Gasteiger partial charge >= 0.3 is 0 Å². The number of fused-ring (bicyclic) bond motifs is 1. The number of hydrogen-bond donors (Lipinski definition) is 1. The molecular weight excluding hydrogens is 412 g/mol. The van der Waals surface area contributed by atoms with Gasteiger partial charge in [-0.25, -0.2) is 4.98 Å². The lowest BCUT2D eigenvalue weighted by Crippen LogP contribution is -2.43. The molecule has 2 saturated heterocycles. The smallest absolute Gasteiger partial charge is 0.223 e. The summed E-state index contributed by atoms with van der Waals surface area (Å²) in [6.45, 7) is 8.26. The third-order valence-electron chi connectivity index (χ3n) is 7.14. The fourth-order valence-corrected chi connectivity index (χ4v) is 5.11. The highest BCUT2D eigenvalue weighted by atomic mass is 16.5. The monoisotopic (exact) mass is 446 g/mol. The first-order valence-corrected chi connectivity index (χ1v) is 12.2. The summed E-state index contributed by atoms with van der Waals surface area (Å²) in [5, 5.41) is 3.12. The van der Waals surface area contributed by atoms with Gasteiger partial charge in [0.15, 0.2) is 0 Å². The molecule has 0 aliphatic carbocycles. The van der Waals surface area contributed by atoms with Crippen molar-refractivity contribution >= 4 is 22.9 Å². The van der Waals surface area contributed by atoms with Crippen LogP contribution in [0.4, 0.5) is 5.95 Å². The maximum absolute atomic E-state index is 12.7. The number of benzene rings is 2. The number of amides is 1. The second-order valence-corrected chi connectivity index (χ2v) is 9.56. The van der Waals surface area contributed by atoms with E-state index in [1.807, 2.05) is 6.07 Å². The van der Waals surface area contributed by atoms with E-state index in [0.29, 0.717) is 6.54 Å². The summed E-state index contributed by atoms with van der Waals surface area (Å²) in [5.41, 5.74) is 6.07. The molecule has 1 amide bonds. The van der Waals surface area contributed by atoms with Crippen molar-refractivity contribution in [3.05, 3.63) is 59.2 Å². The molecule has 0 saturated carbocycles. The van der Waals surface area contributed by atoms with Gasteiger partial charge in [0.2, 0.25) is 11.9 Å². The summed E-state index contributed by atoms with van der Waals surface area (Å²) >= 11 is 0. The topological polar surface area (TPSA) is 59.4 Å². The number of nitrogens with one attached hydrogen (secondary N) is 1. The van der Waals surface area contributed by atoms with E-state index in [1.54, 1.807) is 0 Å². The molecule has 1 atom stereocenters. The first kappa shape index (κ1) is 22.0. The first-order chi connectivity index (χ1) is 16.1. The minimum atomic E-state index is 0.0690. The normalized spacial score (nSPS) is 19.3. The molecule has 0 bridgehead atoms. The molecule has 174 valence electrons. The van der Waals surface area contributed by atoms with Crippen LogP contribution < -0.4 is 10.2 Å². The number of anilines is 1. The van der Waals surface area contributed by atoms with Crippen molar-refractivity contribution in [2.75, 3.05) is 31.1 Å². The summed E-state index contributed by atoms with van der Waals surface area (Å²) in [6, 6.07) is 15.0. The number of nitrogens with zero attached hydrogens (tertiary/aromatic N) is 3. The fourth-order valence-electron chi connectivity index (χ4n) is 5.11. The summed E-state index contributed by atoms with van der Waals surface area (Å²) in [5.74, 6) is 1.25. The van der Waals surface area contributed by atoms with E-state index < -0.39 is 0 Å². The zero-order valence-corrected chi connectivity index (χ0v) is 19.7. The number of carbonyl (C=O) groups is 1. The highest BCUT2D eigenvalue weighted by Gasteiger charge is 2.28. The van der Waals surface area contributed by atoms with Crippen LogP contribution in [0.2, 0.25) is 0 Å². The van der Waals surface area contributed by atoms with Crippen LogP contribution in [0, 0.1) is 19.8 Å². The predicted molar refractivity (Wildman–Crippen MR) is 132 cm³/mol. The number of piperidine rings is 1. The van der Waals surface area contributed by atoms with Gasteiger partial charge in [-0.05, 0) is 62.8 Å². The van der Waals surface area contributed by atoms with Crippen LogP contribution in [-0.4, -0.2) is 47.8 Å². The summed E-state index contributed by atoms with van der Waals surface area (Å²) in [7, 11) is 0. The van der Waals surface area contributed by atoms with Gasteiger partial charge in [-0.1, -0.05) is 35.9 Å². The second kappa shape index (κ2) is 9.56. The summed E-state index contributed by atoms with van der Waals surface area (Å²) < 4.78 is 7.98. The zero-order chi connectivity index (χ0) is 22.8. The van der Waals surface area contributed by atoms with E-state index in [4.69, 9.17) is 9.72 Å². The second-order valence-electron chi connectivity index (χ2n) is 9.56. The number of imidazole rings is 1. The highest BCUT2D eigenvalue weighted by molar-refractivity contribution is 5.80. The molecule has 6 nitrogen and oxygen atoms in total. The maximum Gasteiger partial charge on any atom is 0.223 e. The summed E-state index contributed by atoms with van der Waals surface area (Å²) in [6.07, 6.45) is 4.05. The third-order valence-corrected chi connectivity index (χ3v) is 7.14. The Morgan fingerprint density at radius 1 is 1.12 bits per heavy atom. The Balaban J connectivity index is 1.31. The van der Waals surface area contributed by atoms with Crippen molar-refractivity contribution < 1.29 is 9.53 Å². The van der Waals surface area contributed by atoms with Crippen molar-refractivity contribution in [1.29, 1.82) is 0 Å². The molecule has 6 heteroatoms. The Bertz CT molecular complexity index is 1120. The lowest BCUT2D eigenvalue weighted by molar-refractivity contribution is -0.126. The van der Waals surface area contributed by atoms with Crippen molar-refractivity contribution in [3.63, 3.8) is 0 Å². The van der Waals surface area contributed by atoms with E-state index in [0.717, 1.165) is 68.9 Å². The molecule has 2 aromatic carbocycles. The van der Waals surface area contributed by atoms with Crippen molar-refractivity contribution in [2.24, 2.45) is 5.92 Å². The van der Waals surface area contributed by atoms with Crippen molar-refractivity contribution in [1.82, 2.24) is 14.9 Å². The number of carbonyl (C=O) groups excluding carboxylic acids is 1. The van der Waals surface area contributed by atoms with Crippen molar-refractivity contribution in [3.8, 4) is 0 Å². The number of rotatable bonds is 6. The van der Waals surface area contributed by atoms with Gasteiger partial charge in [-0.2, -0.15) is 0 Å². The van der Waals surface area contributed by atoms with Crippen LogP contribution in [0.1, 0.15) is 42.4 Å². The standard InChI is InChI=1S/C27H34N4O2/c1-19-9-10-20(2)22(16-19)18-31-25-8-4-3-7-24(25)29-27(31)30-13-11-21(12-14-30)26(32)28-17-23-6-5-15-33-23/h3-4,7-10,16,21,23H,5-6,11-15,17-18H2,1-2H3,(H,28,32)/t23-/m1/s1. The minimum Gasteiger partial charge on any atom is -0.376 e. The number of ether oxygens (including phenoxy) is 1. The molecule has 0 unspecified atom stereocenters. The molecule has 0 radical (unpaired) electrons. The van der Waals surface area contributed by atoms with Gasteiger partial charge in [0.25, 0.3) is 0 Å². The van der Waals surface area contributed by atoms with Crippen LogP contribution in [0.5, 0.6) is 0 Å². The molecule has 2 aliphatic rings. The van der Waals surface area contributed by atoms with Gasteiger partial charge in [-0.15, -0.1) is 0 Å². The molecule has 0 spiro atoms. The fraction of sp³-hybridized carbons (Fsp3) is 0.481. The lowest BCUT2D eigenvalue weighted by atomic mass is 9.96. The van der Waals surface area contributed by atoms with Crippen LogP contribution in [0.25, 0.3) is 11.0 Å². The number of aryl methyl sites for hydroxylation is 2. The number of para-hydroxylation sites is 2. The molecule has 2 aliphatic heterocycles. The van der Waals surface area contributed by atoms with Crippen LogP contribution in [0.3, 0.4) is 0 Å². The molecule has 3 heterocycles. The Hall–Kier alpha value is -2.86. The SMILES string of the molecule is Cc1ccc(C)c(Cn2c(N3CCC(C(=O)NC[C@H]4CCCO4)CC3)nc3ccccc32)c1. The Labute approximate surface area is 195 Å². The van der Waals surface area contributed by atoms with E-state index >= 15 is 0 Å². The Morgan fingerprint density at radius 3 is 2.73 bits per heavy atom. The quantitative estimate of drug-likeness (QED) is 0.616. The summed E-state index contributed by atoms with van der Waals surface area (Å²) in [4.78, 5) is 20.1. The van der Waals surface area contributed by atoms with Gasteiger partial charge in [0.1, 0.15) is 0 Å². The third kappa shape index (κ3) is 4.76. The van der Waals surface area contributed by atoms with Gasteiger partial charge in [-0.3, -0.25) is 4.79 Å². The van der Waals surface area contributed by atoms with E-state index in [2.05, 4.69) is 65.0 Å². The highest BCUT2D eigenvalue weighted by Crippen LogP contribution is 2.28. The molecule has 33 heavy (non-hydrogen) atoms. The molecule has 3 aromatic rings. The molecular formula is C27H34N4O2. The molecule has 1 N–H and O–H groups in total. The first-order valence-electron chi connectivity index (χ1n) is 12.2. The Morgan fingerprint density at radius 2 is 1.94 bits per heavy atom. The van der Waals surface area contributed by atoms with Crippen LogP contribution >= 0.6 is 0 Å². The van der Waals surface area contributed by atoms with Crippen molar-refractivity contribution in [2.45, 2.75) is 52.2 Å². The van der Waals surface area contributed by atoms with Crippen LogP contribution in [-0.2, 0) is 16.1 Å². The average molecular weight is 447 g/mol. The van der Waals surface area contributed by atoms with Crippen LogP contribution in [0.15, 0.2) is 42.5 Å². The molecule has 2 fully saturated rings. The molecule has 1 aromatic heterocycles. The zero-order valence-electron chi connectivity index (χ0n) is 19.7. The van der Waals surface area contributed by atoms with Gasteiger partial charge < -0.3 is 19.5 Å². The Kier molecular flexibility index (Phi) is 6.36.